The van der Waals surface area contributed by atoms with Gasteiger partial charge < -0.3 is 10.1 Å². The fraction of sp³-hybridized carbons (Fsp3) is 0.625. The Morgan fingerprint density at radius 3 is 2.79 bits per heavy atom. The van der Waals surface area contributed by atoms with Crippen molar-refractivity contribution in [2.45, 2.75) is 25.3 Å². The maximum absolute atomic E-state index is 5.38. The van der Waals surface area contributed by atoms with E-state index in [1.54, 1.807) is 7.11 Å². The first kappa shape index (κ1) is 12.9. The van der Waals surface area contributed by atoms with Crippen molar-refractivity contribution in [3.05, 3.63) is 29.8 Å². The van der Waals surface area contributed by atoms with E-state index in [1.165, 1.54) is 24.8 Å². The number of piperazine rings is 1. The van der Waals surface area contributed by atoms with Crippen LogP contribution in [0, 0.1) is 5.92 Å². The Morgan fingerprint density at radius 1 is 1.32 bits per heavy atom. The zero-order valence-corrected chi connectivity index (χ0v) is 11.8. The lowest BCUT2D eigenvalue weighted by Gasteiger charge is -2.35. The monoisotopic (exact) mass is 260 g/mol. The third-order valence-electron chi connectivity index (χ3n) is 4.32. The first-order chi connectivity index (χ1) is 9.36. The average molecular weight is 260 g/mol. The summed E-state index contributed by atoms with van der Waals surface area (Å²) >= 11 is 0. The van der Waals surface area contributed by atoms with Crippen LogP contribution in [0.15, 0.2) is 24.3 Å². The van der Waals surface area contributed by atoms with Crippen LogP contribution in [0.3, 0.4) is 0 Å². The van der Waals surface area contributed by atoms with Crippen LogP contribution in [0.25, 0.3) is 0 Å². The quantitative estimate of drug-likeness (QED) is 0.880. The zero-order valence-electron chi connectivity index (χ0n) is 11.8. The molecule has 0 unspecified atom stereocenters. The second-order valence-corrected chi connectivity index (χ2v) is 5.76. The molecule has 3 rings (SSSR count). The van der Waals surface area contributed by atoms with E-state index in [4.69, 9.17) is 4.74 Å². The van der Waals surface area contributed by atoms with Gasteiger partial charge in [-0.25, -0.2) is 0 Å². The SMILES string of the molecule is COc1cccc([C@H](CC2CC2)N2CCNCC2)c1. The summed E-state index contributed by atoms with van der Waals surface area (Å²) in [6.45, 7) is 4.56. The van der Waals surface area contributed by atoms with Gasteiger partial charge in [0.1, 0.15) is 5.75 Å². The molecule has 0 aromatic heterocycles. The van der Waals surface area contributed by atoms with E-state index in [0.717, 1.165) is 37.8 Å². The van der Waals surface area contributed by atoms with Gasteiger partial charge in [0, 0.05) is 32.2 Å². The van der Waals surface area contributed by atoms with Gasteiger partial charge in [0.15, 0.2) is 0 Å². The van der Waals surface area contributed by atoms with Crippen LogP contribution in [-0.2, 0) is 0 Å². The number of ether oxygens (including phenoxy) is 1. The molecular formula is C16H24N2O. The third kappa shape index (κ3) is 3.28. The van der Waals surface area contributed by atoms with Crippen molar-refractivity contribution in [1.29, 1.82) is 0 Å². The standard InChI is InChI=1S/C16H24N2O/c1-19-15-4-2-3-14(12-15)16(11-13-5-6-13)18-9-7-17-8-10-18/h2-4,12-13,16-17H,5-11H2,1H3/t16-/m0/s1. The topological polar surface area (TPSA) is 24.5 Å². The molecular weight excluding hydrogens is 236 g/mol. The molecule has 1 aromatic rings. The van der Waals surface area contributed by atoms with Crippen molar-refractivity contribution in [1.82, 2.24) is 10.2 Å². The highest BCUT2D eigenvalue weighted by Gasteiger charge is 2.30. The van der Waals surface area contributed by atoms with Crippen molar-refractivity contribution in [3.63, 3.8) is 0 Å². The number of nitrogens with one attached hydrogen (secondary N) is 1. The molecule has 1 aliphatic heterocycles. The Kier molecular flexibility index (Phi) is 4.04. The Hall–Kier alpha value is -1.06. The number of methoxy groups -OCH3 is 1. The molecule has 1 saturated heterocycles. The molecule has 0 radical (unpaired) electrons. The van der Waals surface area contributed by atoms with Crippen molar-refractivity contribution < 1.29 is 4.74 Å². The maximum Gasteiger partial charge on any atom is 0.119 e. The van der Waals surface area contributed by atoms with Gasteiger partial charge in [-0.3, -0.25) is 4.90 Å². The summed E-state index contributed by atoms with van der Waals surface area (Å²) in [4.78, 5) is 2.64. The lowest BCUT2D eigenvalue weighted by atomic mass is 9.98. The molecule has 1 saturated carbocycles. The fourth-order valence-electron chi connectivity index (χ4n) is 3.01. The highest BCUT2D eigenvalue weighted by molar-refractivity contribution is 5.30. The normalized spacial score (nSPS) is 22.2. The molecule has 3 nitrogen and oxygen atoms in total. The first-order valence-electron chi connectivity index (χ1n) is 7.45. The van der Waals surface area contributed by atoms with Crippen LogP contribution in [-0.4, -0.2) is 38.2 Å². The second kappa shape index (κ2) is 5.93. The Morgan fingerprint density at radius 2 is 2.11 bits per heavy atom. The van der Waals surface area contributed by atoms with Crippen molar-refractivity contribution in [2.24, 2.45) is 5.92 Å². The summed E-state index contributed by atoms with van der Waals surface area (Å²) in [5, 5.41) is 3.45. The van der Waals surface area contributed by atoms with Crippen molar-refractivity contribution >= 4 is 0 Å². The molecule has 1 heterocycles. The summed E-state index contributed by atoms with van der Waals surface area (Å²) in [6, 6.07) is 9.21. The second-order valence-electron chi connectivity index (χ2n) is 5.76. The molecule has 1 aromatic carbocycles. The van der Waals surface area contributed by atoms with Crippen LogP contribution in [0.2, 0.25) is 0 Å². The van der Waals surface area contributed by atoms with E-state index in [1.807, 2.05) is 6.07 Å². The Bertz CT molecular complexity index is 411. The molecule has 0 bridgehead atoms. The van der Waals surface area contributed by atoms with Crippen LogP contribution in [0.1, 0.15) is 30.9 Å². The van der Waals surface area contributed by atoms with Crippen LogP contribution in [0.5, 0.6) is 5.75 Å². The lowest BCUT2D eigenvalue weighted by Crippen LogP contribution is -2.45. The molecule has 2 aliphatic rings. The average Bonchev–Trinajstić information content (AvgIpc) is 3.30. The molecule has 104 valence electrons. The van der Waals surface area contributed by atoms with Crippen LogP contribution in [0.4, 0.5) is 0 Å². The number of nitrogens with zero attached hydrogens (tertiary/aromatic N) is 1. The van der Waals surface area contributed by atoms with Crippen LogP contribution < -0.4 is 10.1 Å². The third-order valence-corrected chi connectivity index (χ3v) is 4.32. The van der Waals surface area contributed by atoms with Gasteiger partial charge in [-0.05, 0) is 30.0 Å². The van der Waals surface area contributed by atoms with Gasteiger partial charge in [0.2, 0.25) is 0 Å². The molecule has 1 N–H and O–H groups in total. The molecule has 0 spiro atoms. The minimum absolute atomic E-state index is 0.574. The fourth-order valence-corrected chi connectivity index (χ4v) is 3.01. The molecule has 1 atom stereocenters. The Labute approximate surface area is 115 Å². The largest absolute Gasteiger partial charge is 0.497 e. The van der Waals surface area contributed by atoms with Gasteiger partial charge in [0.25, 0.3) is 0 Å². The zero-order chi connectivity index (χ0) is 13.1. The van der Waals surface area contributed by atoms with Gasteiger partial charge >= 0.3 is 0 Å². The smallest absolute Gasteiger partial charge is 0.119 e. The van der Waals surface area contributed by atoms with Gasteiger partial charge in [-0.1, -0.05) is 25.0 Å². The number of hydrogen-bond donors (Lipinski definition) is 1. The predicted octanol–water partition coefficient (Wildman–Crippen LogP) is 2.44. The number of benzene rings is 1. The van der Waals surface area contributed by atoms with E-state index >= 15 is 0 Å². The minimum atomic E-state index is 0.574. The van der Waals surface area contributed by atoms with E-state index in [0.29, 0.717) is 6.04 Å². The predicted molar refractivity (Wildman–Crippen MR) is 77.5 cm³/mol. The van der Waals surface area contributed by atoms with E-state index in [-0.39, 0.29) is 0 Å². The number of rotatable bonds is 5. The summed E-state index contributed by atoms with van der Waals surface area (Å²) in [5.41, 5.74) is 1.42. The van der Waals surface area contributed by atoms with Crippen molar-refractivity contribution in [3.8, 4) is 5.75 Å². The van der Waals surface area contributed by atoms with Gasteiger partial charge in [-0.2, -0.15) is 0 Å². The maximum atomic E-state index is 5.38. The number of hydrogen-bond acceptors (Lipinski definition) is 3. The lowest BCUT2D eigenvalue weighted by molar-refractivity contribution is 0.160. The highest BCUT2D eigenvalue weighted by atomic mass is 16.5. The van der Waals surface area contributed by atoms with E-state index < -0.39 is 0 Å². The van der Waals surface area contributed by atoms with Crippen LogP contribution >= 0.6 is 0 Å². The molecule has 2 fully saturated rings. The minimum Gasteiger partial charge on any atom is -0.497 e. The molecule has 19 heavy (non-hydrogen) atoms. The van der Waals surface area contributed by atoms with E-state index in [9.17, 15) is 0 Å². The molecule has 1 aliphatic carbocycles. The summed E-state index contributed by atoms with van der Waals surface area (Å²) in [5.74, 6) is 1.93. The summed E-state index contributed by atoms with van der Waals surface area (Å²) in [6.07, 6.45) is 4.16. The Balaban J connectivity index is 1.79. The molecule has 3 heteroatoms. The summed E-state index contributed by atoms with van der Waals surface area (Å²) < 4.78 is 5.38. The van der Waals surface area contributed by atoms with Crippen molar-refractivity contribution in [2.75, 3.05) is 33.3 Å². The molecule has 0 amide bonds. The summed E-state index contributed by atoms with van der Waals surface area (Å²) in [7, 11) is 1.75. The first-order valence-corrected chi connectivity index (χ1v) is 7.45. The highest BCUT2D eigenvalue weighted by Crippen LogP contribution is 2.40. The van der Waals surface area contributed by atoms with Gasteiger partial charge in [0.05, 0.1) is 7.11 Å². The van der Waals surface area contributed by atoms with Gasteiger partial charge in [-0.15, -0.1) is 0 Å². The van der Waals surface area contributed by atoms with E-state index in [2.05, 4.69) is 28.4 Å².